The Morgan fingerprint density at radius 1 is 1.09 bits per heavy atom. The number of carbonyl (C=O) groups is 1. The molecule has 0 spiro atoms. The summed E-state index contributed by atoms with van der Waals surface area (Å²) in [6.45, 7) is 8.78. The largest absolute Gasteiger partial charge is 0.493 e. The molecule has 6 nitrogen and oxygen atoms in total. The minimum absolute atomic E-state index is 0.252. The van der Waals surface area contributed by atoms with E-state index in [2.05, 4.69) is 22.0 Å². The Hall–Kier alpha value is -3.06. The summed E-state index contributed by atoms with van der Waals surface area (Å²) in [6.07, 6.45) is 3.18. The lowest BCUT2D eigenvalue weighted by Gasteiger charge is -2.37. The highest BCUT2D eigenvalue weighted by atomic mass is 19.1. The highest BCUT2D eigenvalue weighted by molar-refractivity contribution is 5.92. The second-order valence-electron chi connectivity index (χ2n) is 7.80. The number of halogens is 1. The van der Waals surface area contributed by atoms with E-state index in [1.54, 1.807) is 32.4 Å². The molecule has 3 rings (SSSR count). The van der Waals surface area contributed by atoms with Gasteiger partial charge < -0.3 is 24.6 Å². The summed E-state index contributed by atoms with van der Waals surface area (Å²) < 4.78 is 24.6. The maximum absolute atomic E-state index is 14.1. The van der Waals surface area contributed by atoms with E-state index in [-0.39, 0.29) is 17.8 Å². The number of piperazine rings is 1. The molecule has 0 radical (unpaired) electrons. The van der Waals surface area contributed by atoms with Gasteiger partial charge in [-0.1, -0.05) is 13.0 Å². The molecule has 1 N–H and O–H groups in total. The van der Waals surface area contributed by atoms with Crippen molar-refractivity contribution in [1.29, 1.82) is 0 Å². The van der Waals surface area contributed by atoms with Gasteiger partial charge in [-0.2, -0.15) is 0 Å². The van der Waals surface area contributed by atoms with Crippen molar-refractivity contribution in [3.63, 3.8) is 0 Å². The molecule has 1 aliphatic heterocycles. The van der Waals surface area contributed by atoms with Gasteiger partial charge in [0.15, 0.2) is 11.5 Å². The van der Waals surface area contributed by atoms with Crippen molar-refractivity contribution in [1.82, 2.24) is 10.2 Å². The fraction of sp³-hybridized carbons (Fsp3) is 0.400. The summed E-state index contributed by atoms with van der Waals surface area (Å²) in [5.74, 6) is 0.660. The molecule has 0 saturated carbocycles. The number of nitrogens with one attached hydrogen (secondary N) is 1. The molecule has 0 bridgehead atoms. The van der Waals surface area contributed by atoms with Gasteiger partial charge in [-0.3, -0.25) is 4.79 Å². The summed E-state index contributed by atoms with van der Waals surface area (Å²) >= 11 is 0. The second-order valence-corrected chi connectivity index (χ2v) is 7.80. The Balaban J connectivity index is 1.70. The van der Waals surface area contributed by atoms with Crippen LogP contribution < -0.4 is 19.7 Å². The fourth-order valence-electron chi connectivity index (χ4n) is 3.93. The van der Waals surface area contributed by atoms with Crippen LogP contribution >= 0.6 is 0 Å². The molecule has 1 heterocycles. The van der Waals surface area contributed by atoms with Gasteiger partial charge in [0.25, 0.3) is 0 Å². The lowest BCUT2D eigenvalue weighted by atomic mass is 10.0. The van der Waals surface area contributed by atoms with Crippen molar-refractivity contribution in [2.24, 2.45) is 0 Å². The van der Waals surface area contributed by atoms with Gasteiger partial charge in [-0.25, -0.2) is 4.39 Å². The van der Waals surface area contributed by atoms with Crippen LogP contribution in [0.15, 0.2) is 42.5 Å². The van der Waals surface area contributed by atoms with Crippen LogP contribution in [-0.2, 0) is 4.79 Å². The first-order valence-electron chi connectivity index (χ1n) is 10.9. The summed E-state index contributed by atoms with van der Waals surface area (Å²) in [4.78, 5) is 17.2. The Morgan fingerprint density at radius 3 is 2.47 bits per heavy atom. The molecular weight excluding hydrogens is 409 g/mol. The third-order valence-corrected chi connectivity index (χ3v) is 5.81. The smallest absolute Gasteiger partial charge is 0.244 e. The number of nitrogens with zero attached hydrogens (tertiary/aromatic N) is 2. The number of methoxy groups -OCH3 is 2. The molecule has 1 amide bonds. The SMILES string of the molecule is CCN1CCN(c2ccc(F)cc2C(C)NC(=O)C=Cc2ccc(OC)c(OC)c2)CC1. The van der Waals surface area contributed by atoms with Gasteiger partial charge in [0.05, 0.1) is 20.3 Å². The van der Waals surface area contributed by atoms with E-state index in [4.69, 9.17) is 9.47 Å². The minimum atomic E-state index is -0.340. The quantitative estimate of drug-likeness (QED) is 0.631. The van der Waals surface area contributed by atoms with Crippen molar-refractivity contribution >= 4 is 17.7 Å². The van der Waals surface area contributed by atoms with Crippen molar-refractivity contribution in [3.8, 4) is 11.5 Å². The number of anilines is 1. The molecule has 2 aromatic carbocycles. The first-order chi connectivity index (χ1) is 15.4. The number of likely N-dealkylation sites (N-methyl/N-ethyl adjacent to an activating group) is 1. The van der Waals surface area contributed by atoms with Crippen LogP contribution in [-0.4, -0.2) is 57.8 Å². The van der Waals surface area contributed by atoms with Crippen LogP contribution in [0.3, 0.4) is 0 Å². The zero-order valence-corrected chi connectivity index (χ0v) is 19.2. The highest BCUT2D eigenvalue weighted by Gasteiger charge is 2.21. The van der Waals surface area contributed by atoms with Gasteiger partial charge in [0, 0.05) is 43.5 Å². The molecule has 7 heteroatoms. The summed E-state index contributed by atoms with van der Waals surface area (Å²) in [7, 11) is 3.14. The molecule has 1 atom stereocenters. The molecule has 32 heavy (non-hydrogen) atoms. The van der Waals surface area contributed by atoms with Crippen LogP contribution in [0.1, 0.15) is 31.0 Å². The number of carbonyl (C=O) groups excluding carboxylic acids is 1. The van der Waals surface area contributed by atoms with E-state index in [0.29, 0.717) is 11.5 Å². The van der Waals surface area contributed by atoms with Crippen LogP contribution in [0.2, 0.25) is 0 Å². The number of ether oxygens (including phenoxy) is 2. The lowest BCUT2D eigenvalue weighted by Crippen LogP contribution is -2.46. The maximum atomic E-state index is 14.1. The van der Waals surface area contributed by atoms with Crippen LogP contribution in [0, 0.1) is 5.82 Å². The third kappa shape index (κ3) is 5.79. The van der Waals surface area contributed by atoms with E-state index in [1.807, 2.05) is 19.1 Å². The Bertz CT molecular complexity index is 955. The molecule has 1 saturated heterocycles. The Kier molecular flexibility index (Phi) is 8.11. The van der Waals surface area contributed by atoms with Crippen LogP contribution in [0.4, 0.5) is 10.1 Å². The summed E-state index contributed by atoms with van der Waals surface area (Å²) in [6, 6.07) is 9.90. The third-order valence-electron chi connectivity index (χ3n) is 5.81. The maximum Gasteiger partial charge on any atom is 0.244 e. The van der Waals surface area contributed by atoms with E-state index in [0.717, 1.165) is 49.5 Å². The molecule has 1 aliphatic rings. The number of amides is 1. The van der Waals surface area contributed by atoms with E-state index < -0.39 is 0 Å². The van der Waals surface area contributed by atoms with Crippen LogP contribution in [0.25, 0.3) is 6.08 Å². The van der Waals surface area contributed by atoms with Gasteiger partial charge >= 0.3 is 0 Å². The number of rotatable bonds is 8. The van der Waals surface area contributed by atoms with Gasteiger partial charge in [0.1, 0.15) is 5.82 Å². The molecule has 1 fully saturated rings. The number of benzene rings is 2. The standard InChI is InChI=1S/C25H32FN3O3/c1-5-28-12-14-29(15-13-28)22-9-8-20(26)17-21(22)18(2)27-25(30)11-7-19-6-10-23(31-3)24(16-19)32-4/h6-11,16-18H,5,12-15H2,1-4H3,(H,27,30). The first kappa shape index (κ1) is 23.6. The summed E-state index contributed by atoms with van der Waals surface area (Å²) in [5, 5.41) is 2.96. The molecule has 1 unspecified atom stereocenters. The fourth-order valence-corrected chi connectivity index (χ4v) is 3.93. The Labute approximate surface area is 189 Å². The van der Waals surface area contributed by atoms with Crippen molar-refractivity contribution in [2.45, 2.75) is 19.9 Å². The first-order valence-corrected chi connectivity index (χ1v) is 10.9. The van der Waals surface area contributed by atoms with Gasteiger partial charge in [-0.15, -0.1) is 0 Å². The minimum Gasteiger partial charge on any atom is -0.493 e. The normalized spacial score (nSPS) is 15.6. The molecule has 2 aromatic rings. The highest BCUT2D eigenvalue weighted by Crippen LogP contribution is 2.29. The zero-order chi connectivity index (χ0) is 23.1. The summed E-state index contributed by atoms with van der Waals surface area (Å²) in [5.41, 5.74) is 2.56. The monoisotopic (exact) mass is 441 g/mol. The predicted molar refractivity (Wildman–Crippen MR) is 126 cm³/mol. The lowest BCUT2D eigenvalue weighted by molar-refractivity contribution is -0.117. The van der Waals surface area contributed by atoms with Gasteiger partial charge in [0.2, 0.25) is 5.91 Å². The second kappa shape index (κ2) is 11.0. The zero-order valence-electron chi connectivity index (χ0n) is 19.2. The van der Waals surface area contributed by atoms with Crippen molar-refractivity contribution in [2.75, 3.05) is 51.8 Å². The molecule has 172 valence electrons. The molecular formula is C25H32FN3O3. The molecule has 0 aromatic heterocycles. The topological polar surface area (TPSA) is 54.0 Å². The molecule has 0 aliphatic carbocycles. The van der Waals surface area contributed by atoms with Crippen molar-refractivity contribution < 1.29 is 18.7 Å². The number of hydrogen-bond donors (Lipinski definition) is 1. The number of hydrogen-bond acceptors (Lipinski definition) is 5. The average molecular weight is 442 g/mol. The van der Waals surface area contributed by atoms with E-state index in [1.165, 1.54) is 18.2 Å². The van der Waals surface area contributed by atoms with Gasteiger partial charge in [-0.05, 0) is 55.4 Å². The average Bonchev–Trinajstić information content (AvgIpc) is 2.82. The van der Waals surface area contributed by atoms with E-state index in [9.17, 15) is 9.18 Å². The predicted octanol–water partition coefficient (Wildman–Crippen LogP) is 3.88. The van der Waals surface area contributed by atoms with E-state index >= 15 is 0 Å². The Morgan fingerprint density at radius 2 is 1.81 bits per heavy atom. The van der Waals surface area contributed by atoms with Crippen molar-refractivity contribution in [3.05, 3.63) is 59.4 Å². The van der Waals surface area contributed by atoms with Crippen LogP contribution in [0.5, 0.6) is 11.5 Å².